The van der Waals surface area contributed by atoms with Crippen LogP contribution in [0.2, 0.25) is 0 Å². The molecule has 1 saturated carbocycles. The topological polar surface area (TPSA) is 24.5 Å². The maximum atomic E-state index is 5.37. The molecule has 1 N–H and O–H groups in total. The number of hydrogen-bond donors (Lipinski definition) is 1. The molecule has 0 spiro atoms. The monoisotopic (exact) mass is 352 g/mol. The molecule has 3 nitrogen and oxygen atoms in total. The molecule has 2 fully saturated rings. The molecular formula is C17H25BrN2O. The summed E-state index contributed by atoms with van der Waals surface area (Å²) in [6.45, 7) is 4.60. The summed E-state index contributed by atoms with van der Waals surface area (Å²) in [5.74, 6) is 1.87. The summed E-state index contributed by atoms with van der Waals surface area (Å²) in [7, 11) is 1.73. The molecule has 1 aliphatic carbocycles. The zero-order valence-electron chi connectivity index (χ0n) is 12.8. The number of ether oxygens (including phenoxy) is 1. The lowest BCUT2D eigenvalue weighted by Crippen LogP contribution is -2.38. The largest absolute Gasteiger partial charge is 0.497 e. The minimum absolute atomic E-state index is 0.674. The Balaban J connectivity index is 1.67. The predicted molar refractivity (Wildman–Crippen MR) is 89.7 cm³/mol. The molecular weight excluding hydrogens is 328 g/mol. The fraction of sp³-hybridized carbons (Fsp3) is 0.647. The molecule has 21 heavy (non-hydrogen) atoms. The smallest absolute Gasteiger partial charge is 0.119 e. The van der Waals surface area contributed by atoms with Crippen molar-refractivity contribution >= 4 is 15.9 Å². The van der Waals surface area contributed by atoms with Gasteiger partial charge in [0.2, 0.25) is 0 Å². The van der Waals surface area contributed by atoms with Crippen molar-refractivity contribution in [3.05, 3.63) is 28.2 Å². The molecule has 2 aliphatic rings. The van der Waals surface area contributed by atoms with Crippen molar-refractivity contribution in [3.63, 3.8) is 0 Å². The Bertz CT molecular complexity index is 470. The minimum Gasteiger partial charge on any atom is -0.497 e. The molecule has 0 bridgehead atoms. The summed E-state index contributed by atoms with van der Waals surface area (Å²) in [4.78, 5) is 2.63. The van der Waals surface area contributed by atoms with Gasteiger partial charge in [-0.15, -0.1) is 0 Å². The first-order valence-electron chi connectivity index (χ1n) is 8.03. The molecule has 1 aromatic carbocycles. The van der Waals surface area contributed by atoms with Gasteiger partial charge in [-0.3, -0.25) is 4.90 Å². The van der Waals surface area contributed by atoms with E-state index < -0.39 is 0 Å². The van der Waals surface area contributed by atoms with E-state index in [0.717, 1.165) is 18.2 Å². The Kier molecular flexibility index (Phi) is 5.19. The van der Waals surface area contributed by atoms with Crippen molar-refractivity contribution in [1.82, 2.24) is 10.2 Å². The average Bonchev–Trinajstić information content (AvgIpc) is 3.14. The molecule has 1 unspecified atom stereocenters. The lowest BCUT2D eigenvalue weighted by molar-refractivity contribution is 0.231. The van der Waals surface area contributed by atoms with Crippen LogP contribution >= 0.6 is 15.9 Å². The fourth-order valence-corrected chi connectivity index (χ4v) is 3.51. The first-order valence-corrected chi connectivity index (χ1v) is 8.82. The molecule has 0 aromatic heterocycles. The standard InChI is InChI=1S/C17H25BrN2O/c1-21-16-6-7-17(18)14(9-16)11-20(10-13-4-5-13)12-15-3-2-8-19-15/h6-7,9,13,15,19H,2-5,8,10-12H2,1H3. The van der Waals surface area contributed by atoms with Gasteiger partial charge in [0.15, 0.2) is 0 Å². The van der Waals surface area contributed by atoms with Crippen molar-refractivity contribution < 1.29 is 4.74 Å². The number of benzene rings is 1. The van der Waals surface area contributed by atoms with Crippen molar-refractivity contribution in [3.8, 4) is 5.75 Å². The van der Waals surface area contributed by atoms with Crippen LogP contribution in [0, 0.1) is 5.92 Å². The van der Waals surface area contributed by atoms with Crippen LogP contribution in [0.1, 0.15) is 31.2 Å². The van der Waals surface area contributed by atoms with Crippen LogP contribution in [-0.4, -0.2) is 37.7 Å². The highest BCUT2D eigenvalue weighted by molar-refractivity contribution is 9.10. The van der Waals surface area contributed by atoms with Crippen molar-refractivity contribution in [2.24, 2.45) is 5.92 Å². The molecule has 0 amide bonds. The van der Waals surface area contributed by atoms with E-state index in [-0.39, 0.29) is 0 Å². The number of hydrogen-bond acceptors (Lipinski definition) is 3. The van der Waals surface area contributed by atoms with Gasteiger partial charge in [-0.1, -0.05) is 15.9 Å². The van der Waals surface area contributed by atoms with Crippen LogP contribution in [0.15, 0.2) is 22.7 Å². The molecule has 4 heteroatoms. The fourth-order valence-electron chi connectivity index (χ4n) is 3.13. The molecule has 1 atom stereocenters. The lowest BCUT2D eigenvalue weighted by Gasteiger charge is -2.26. The Hall–Kier alpha value is -0.580. The van der Waals surface area contributed by atoms with Gasteiger partial charge in [0.05, 0.1) is 7.11 Å². The first kappa shape index (κ1) is 15.3. The van der Waals surface area contributed by atoms with Gasteiger partial charge < -0.3 is 10.1 Å². The third kappa shape index (κ3) is 4.44. The Morgan fingerprint density at radius 2 is 2.14 bits per heavy atom. The number of rotatable bonds is 7. The first-order chi connectivity index (χ1) is 10.2. The highest BCUT2D eigenvalue weighted by atomic mass is 79.9. The van der Waals surface area contributed by atoms with Crippen molar-refractivity contribution in [2.45, 2.75) is 38.3 Å². The number of methoxy groups -OCH3 is 1. The third-order valence-electron chi connectivity index (χ3n) is 4.50. The molecule has 1 saturated heterocycles. The Morgan fingerprint density at radius 3 is 2.81 bits per heavy atom. The molecule has 116 valence electrons. The van der Waals surface area contributed by atoms with E-state index in [2.05, 4.69) is 38.3 Å². The summed E-state index contributed by atoms with van der Waals surface area (Å²) in [6, 6.07) is 6.94. The summed E-state index contributed by atoms with van der Waals surface area (Å²) in [5.41, 5.74) is 1.33. The normalized spacial score (nSPS) is 22.0. The van der Waals surface area contributed by atoms with Gasteiger partial charge in [0, 0.05) is 30.1 Å². The van der Waals surface area contributed by atoms with Crippen LogP contribution in [0.4, 0.5) is 0 Å². The van der Waals surface area contributed by atoms with E-state index in [1.165, 1.54) is 55.4 Å². The van der Waals surface area contributed by atoms with Crippen LogP contribution < -0.4 is 10.1 Å². The predicted octanol–water partition coefficient (Wildman–Crippen LogP) is 3.42. The molecule has 3 rings (SSSR count). The second kappa shape index (κ2) is 7.12. The molecule has 0 radical (unpaired) electrons. The summed E-state index contributed by atoms with van der Waals surface area (Å²) in [5, 5.41) is 3.63. The van der Waals surface area contributed by atoms with E-state index in [0.29, 0.717) is 6.04 Å². The summed E-state index contributed by atoms with van der Waals surface area (Å²) in [6.07, 6.45) is 5.47. The average molecular weight is 353 g/mol. The number of halogens is 1. The highest BCUT2D eigenvalue weighted by Crippen LogP contribution is 2.31. The number of nitrogens with zero attached hydrogens (tertiary/aromatic N) is 1. The van der Waals surface area contributed by atoms with Crippen molar-refractivity contribution in [1.29, 1.82) is 0 Å². The van der Waals surface area contributed by atoms with E-state index in [1.54, 1.807) is 7.11 Å². The van der Waals surface area contributed by atoms with Gasteiger partial charge in [0.1, 0.15) is 5.75 Å². The second-order valence-corrected chi connectivity index (χ2v) is 7.24. The van der Waals surface area contributed by atoms with E-state index in [1.807, 2.05) is 6.07 Å². The van der Waals surface area contributed by atoms with Gasteiger partial charge in [-0.25, -0.2) is 0 Å². The zero-order chi connectivity index (χ0) is 14.7. The molecule has 1 aliphatic heterocycles. The second-order valence-electron chi connectivity index (χ2n) is 6.39. The van der Waals surface area contributed by atoms with Gasteiger partial charge >= 0.3 is 0 Å². The Labute approximate surface area is 136 Å². The number of nitrogens with one attached hydrogen (secondary N) is 1. The SMILES string of the molecule is COc1ccc(Br)c(CN(CC2CC2)CC2CCCN2)c1. The van der Waals surface area contributed by atoms with Gasteiger partial charge in [-0.05, 0) is 61.9 Å². The van der Waals surface area contributed by atoms with Crippen molar-refractivity contribution in [2.75, 3.05) is 26.7 Å². The summed E-state index contributed by atoms with van der Waals surface area (Å²) < 4.78 is 6.55. The minimum atomic E-state index is 0.674. The molecule has 1 aromatic rings. The highest BCUT2D eigenvalue weighted by Gasteiger charge is 2.26. The van der Waals surface area contributed by atoms with Crippen LogP contribution in [0.3, 0.4) is 0 Å². The van der Waals surface area contributed by atoms with E-state index in [4.69, 9.17) is 4.74 Å². The van der Waals surface area contributed by atoms with E-state index >= 15 is 0 Å². The quantitative estimate of drug-likeness (QED) is 0.813. The van der Waals surface area contributed by atoms with Crippen LogP contribution in [0.5, 0.6) is 5.75 Å². The maximum Gasteiger partial charge on any atom is 0.119 e. The van der Waals surface area contributed by atoms with E-state index in [9.17, 15) is 0 Å². The molecule has 1 heterocycles. The summed E-state index contributed by atoms with van der Waals surface area (Å²) >= 11 is 3.68. The van der Waals surface area contributed by atoms with Gasteiger partial charge in [0.25, 0.3) is 0 Å². The maximum absolute atomic E-state index is 5.37. The van der Waals surface area contributed by atoms with Crippen LogP contribution in [0.25, 0.3) is 0 Å². The van der Waals surface area contributed by atoms with Gasteiger partial charge in [-0.2, -0.15) is 0 Å². The lowest BCUT2D eigenvalue weighted by atomic mass is 10.1. The Morgan fingerprint density at radius 1 is 1.29 bits per heavy atom. The van der Waals surface area contributed by atoms with Crippen LogP contribution in [-0.2, 0) is 6.54 Å². The third-order valence-corrected chi connectivity index (χ3v) is 5.27. The zero-order valence-corrected chi connectivity index (χ0v) is 14.4.